The minimum absolute atomic E-state index is 0.181. The molecule has 0 saturated carbocycles. The molecule has 0 bridgehead atoms. The zero-order chi connectivity index (χ0) is 12.5. The monoisotopic (exact) mass is 236 g/mol. The van der Waals surface area contributed by atoms with E-state index in [4.69, 9.17) is 4.42 Å². The van der Waals surface area contributed by atoms with Crippen LogP contribution in [0, 0.1) is 0 Å². The van der Waals surface area contributed by atoms with Gasteiger partial charge in [-0.2, -0.15) is 0 Å². The molecule has 3 heteroatoms. The van der Waals surface area contributed by atoms with Crippen molar-refractivity contribution >= 4 is 5.97 Å². The molecule has 0 N–H and O–H groups in total. The summed E-state index contributed by atoms with van der Waals surface area (Å²) in [4.78, 5) is 10.3. The van der Waals surface area contributed by atoms with Crippen molar-refractivity contribution in [1.82, 2.24) is 0 Å². The topological polar surface area (TPSA) is 39.4 Å². The van der Waals surface area contributed by atoms with Crippen LogP contribution in [-0.2, 0) is 16.0 Å². The Morgan fingerprint density at radius 1 is 1.35 bits per heavy atom. The lowest BCUT2D eigenvalue weighted by molar-refractivity contribution is -0.135. The van der Waals surface area contributed by atoms with E-state index in [-0.39, 0.29) is 5.97 Å². The lowest BCUT2D eigenvalue weighted by atomic mass is 10.2. The van der Waals surface area contributed by atoms with Gasteiger partial charge in [0, 0.05) is 12.0 Å². The fourth-order valence-electron chi connectivity index (χ4n) is 1.44. The van der Waals surface area contributed by atoms with Crippen LogP contribution in [0.1, 0.15) is 38.9 Å². The molecule has 1 aromatic rings. The second-order valence-electron chi connectivity index (χ2n) is 4.02. The molecule has 1 aliphatic rings. The van der Waals surface area contributed by atoms with E-state index < -0.39 is 0 Å². The summed E-state index contributed by atoms with van der Waals surface area (Å²) < 4.78 is 9.71. The molecule has 0 aliphatic carbocycles. The van der Waals surface area contributed by atoms with Gasteiger partial charge in [-0.25, -0.2) is 4.79 Å². The van der Waals surface area contributed by atoms with Gasteiger partial charge in [-0.3, -0.25) is 0 Å². The molecule has 17 heavy (non-hydrogen) atoms. The second-order valence-corrected chi connectivity index (χ2v) is 4.02. The van der Waals surface area contributed by atoms with E-state index in [1.807, 2.05) is 12.1 Å². The number of aryl methyl sites for hydroxylation is 1. The molecular weight excluding hydrogens is 216 g/mol. The van der Waals surface area contributed by atoms with Gasteiger partial charge in [0.1, 0.15) is 12.4 Å². The van der Waals surface area contributed by atoms with E-state index in [0.29, 0.717) is 6.61 Å². The van der Waals surface area contributed by atoms with Crippen LogP contribution < -0.4 is 0 Å². The van der Waals surface area contributed by atoms with Crippen molar-refractivity contribution in [2.24, 2.45) is 0 Å². The Morgan fingerprint density at radius 2 is 2.18 bits per heavy atom. The van der Waals surface area contributed by atoms with Crippen LogP contribution in [0.15, 0.2) is 34.5 Å². The minimum Gasteiger partial charge on any atom is -0.469 e. The zero-order valence-electron chi connectivity index (χ0n) is 10.6. The SMILES string of the molecule is CC1=CCOC1=O.CCCCCc1ccco1. The maximum Gasteiger partial charge on any atom is 0.333 e. The quantitative estimate of drug-likeness (QED) is 0.593. The fourth-order valence-corrected chi connectivity index (χ4v) is 1.44. The molecule has 0 amide bonds. The first-order valence-corrected chi connectivity index (χ1v) is 6.10. The summed E-state index contributed by atoms with van der Waals surface area (Å²) in [6, 6.07) is 3.98. The van der Waals surface area contributed by atoms with Crippen molar-refractivity contribution in [3.63, 3.8) is 0 Å². The lowest BCUT2D eigenvalue weighted by Gasteiger charge is -1.93. The second kappa shape index (κ2) is 7.71. The molecule has 2 heterocycles. The molecule has 0 spiro atoms. The van der Waals surface area contributed by atoms with Gasteiger partial charge in [0.2, 0.25) is 0 Å². The molecule has 0 fully saturated rings. The van der Waals surface area contributed by atoms with Crippen molar-refractivity contribution in [3.05, 3.63) is 35.8 Å². The molecular formula is C14H20O3. The smallest absolute Gasteiger partial charge is 0.333 e. The Hall–Kier alpha value is -1.51. The maximum absolute atomic E-state index is 10.3. The third-order valence-electron chi connectivity index (χ3n) is 2.53. The van der Waals surface area contributed by atoms with Gasteiger partial charge in [0.15, 0.2) is 0 Å². The van der Waals surface area contributed by atoms with Gasteiger partial charge in [0.25, 0.3) is 0 Å². The van der Waals surface area contributed by atoms with Crippen molar-refractivity contribution in [2.45, 2.75) is 39.5 Å². The van der Waals surface area contributed by atoms with Crippen molar-refractivity contribution in [2.75, 3.05) is 6.61 Å². The number of unbranched alkanes of at least 4 members (excludes halogenated alkanes) is 2. The molecule has 0 atom stereocenters. The third kappa shape index (κ3) is 5.38. The van der Waals surface area contributed by atoms with Gasteiger partial charge in [0.05, 0.1) is 6.26 Å². The standard InChI is InChI=1S/C9H14O.C5H6O2/c1-2-3-4-6-9-7-5-8-10-9;1-4-2-3-7-5(4)6/h5,7-8H,2-4,6H2,1H3;2H,3H2,1H3. The first-order valence-electron chi connectivity index (χ1n) is 6.10. The number of hydrogen-bond acceptors (Lipinski definition) is 3. The number of hydrogen-bond donors (Lipinski definition) is 0. The number of furan rings is 1. The van der Waals surface area contributed by atoms with Crippen LogP contribution in [0.5, 0.6) is 0 Å². The predicted molar refractivity (Wildman–Crippen MR) is 66.7 cm³/mol. The van der Waals surface area contributed by atoms with Gasteiger partial charge in [-0.15, -0.1) is 0 Å². The number of ether oxygens (including phenoxy) is 1. The maximum atomic E-state index is 10.3. The average molecular weight is 236 g/mol. The molecule has 0 aromatic carbocycles. The first-order chi connectivity index (χ1) is 8.24. The van der Waals surface area contributed by atoms with Gasteiger partial charge in [-0.05, 0) is 31.6 Å². The average Bonchev–Trinajstić information content (AvgIpc) is 2.94. The van der Waals surface area contributed by atoms with Crippen molar-refractivity contribution < 1.29 is 13.9 Å². The summed E-state index contributed by atoms with van der Waals surface area (Å²) in [6.07, 6.45) is 8.44. The molecule has 0 radical (unpaired) electrons. The Morgan fingerprint density at radius 3 is 2.59 bits per heavy atom. The highest BCUT2D eigenvalue weighted by Crippen LogP contribution is 2.06. The van der Waals surface area contributed by atoms with Crippen LogP contribution >= 0.6 is 0 Å². The van der Waals surface area contributed by atoms with Crippen LogP contribution in [-0.4, -0.2) is 12.6 Å². The molecule has 0 unspecified atom stereocenters. The molecule has 1 aromatic heterocycles. The largest absolute Gasteiger partial charge is 0.469 e. The third-order valence-corrected chi connectivity index (χ3v) is 2.53. The number of carbonyl (C=O) groups excluding carboxylic acids is 1. The Labute approximate surface area is 102 Å². The van der Waals surface area contributed by atoms with Crippen LogP contribution in [0.4, 0.5) is 0 Å². The van der Waals surface area contributed by atoms with Crippen LogP contribution in [0.25, 0.3) is 0 Å². The highest BCUT2D eigenvalue weighted by molar-refractivity contribution is 5.89. The van der Waals surface area contributed by atoms with E-state index in [9.17, 15) is 4.79 Å². The number of esters is 1. The molecule has 2 rings (SSSR count). The highest BCUT2D eigenvalue weighted by atomic mass is 16.5. The van der Waals surface area contributed by atoms with Crippen molar-refractivity contribution in [1.29, 1.82) is 0 Å². The summed E-state index contributed by atoms with van der Waals surface area (Å²) in [6.45, 7) is 4.42. The summed E-state index contributed by atoms with van der Waals surface area (Å²) in [5.74, 6) is 0.938. The van der Waals surface area contributed by atoms with E-state index in [1.54, 1.807) is 19.3 Å². The molecule has 1 aliphatic heterocycles. The number of cyclic esters (lactones) is 1. The summed E-state index contributed by atoms with van der Waals surface area (Å²) in [5.41, 5.74) is 0.722. The lowest BCUT2D eigenvalue weighted by Crippen LogP contribution is -1.94. The number of carbonyl (C=O) groups is 1. The van der Waals surface area contributed by atoms with Gasteiger partial charge < -0.3 is 9.15 Å². The Kier molecular flexibility index (Phi) is 6.15. The van der Waals surface area contributed by atoms with E-state index in [1.165, 1.54) is 19.3 Å². The van der Waals surface area contributed by atoms with Gasteiger partial charge >= 0.3 is 5.97 Å². The number of rotatable bonds is 4. The summed E-state index contributed by atoms with van der Waals surface area (Å²) in [7, 11) is 0. The Bertz CT molecular complexity index is 350. The van der Waals surface area contributed by atoms with Crippen molar-refractivity contribution in [3.8, 4) is 0 Å². The van der Waals surface area contributed by atoms with E-state index in [2.05, 4.69) is 11.7 Å². The van der Waals surface area contributed by atoms with Gasteiger partial charge in [-0.1, -0.05) is 19.8 Å². The Balaban J connectivity index is 0.000000181. The van der Waals surface area contributed by atoms with E-state index >= 15 is 0 Å². The summed E-state index contributed by atoms with van der Waals surface area (Å²) >= 11 is 0. The predicted octanol–water partition coefficient (Wildman–Crippen LogP) is 3.50. The highest BCUT2D eigenvalue weighted by Gasteiger charge is 2.09. The first kappa shape index (κ1) is 13.6. The summed E-state index contributed by atoms with van der Waals surface area (Å²) in [5, 5.41) is 0. The normalized spacial score (nSPS) is 13.8. The van der Waals surface area contributed by atoms with Crippen LogP contribution in [0.3, 0.4) is 0 Å². The molecule has 3 nitrogen and oxygen atoms in total. The molecule has 94 valence electrons. The molecule has 0 saturated heterocycles. The van der Waals surface area contributed by atoms with Crippen LogP contribution in [0.2, 0.25) is 0 Å². The fraction of sp³-hybridized carbons (Fsp3) is 0.500. The minimum atomic E-state index is -0.181. The zero-order valence-corrected chi connectivity index (χ0v) is 10.6. The van der Waals surface area contributed by atoms with E-state index in [0.717, 1.165) is 17.8 Å².